The summed E-state index contributed by atoms with van der Waals surface area (Å²) in [6.07, 6.45) is 2.35. The summed E-state index contributed by atoms with van der Waals surface area (Å²) in [5.41, 5.74) is 6.65. The fourth-order valence-corrected chi connectivity index (χ4v) is 2.66. The van der Waals surface area contributed by atoms with Gasteiger partial charge in [-0.1, -0.05) is 18.2 Å². The molecule has 4 nitrogen and oxygen atoms in total. The summed E-state index contributed by atoms with van der Waals surface area (Å²) in [4.78, 5) is 13.9. The average molecular weight is 262 g/mol. The Morgan fingerprint density at radius 2 is 2.26 bits per heavy atom. The van der Waals surface area contributed by atoms with Gasteiger partial charge in [-0.3, -0.25) is 4.79 Å². The molecule has 0 radical (unpaired) electrons. The Morgan fingerprint density at radius 3 is 3.00 bits per heavy atom. The standard InChI is InChI=1S/C15H22N2O2/c1-19-14-6-3-2-5-13(14)12-8-10-17(11-12)15(18)7-4-9-16/h2-3,5-6,12H,4,7-11,16H2,1H3. The molecule has 19 heavy (non-hydrogen) atoms. The molecule has 1 saturated heterocycles. The highest BCUT2D eigenvalue weighted by atomic mass is 16.5. The van der Waals surface area contributed by atoms with Gasteiger partial charge < -0.3 is 15.4 Å². The van der Waals surface area contributed by atoms with Crippen molar-refractivity contribution in [1.29, 1.82) is 0 Å². The third-order valence-electron chi connectivity index (χ3n) is 3.71. The Hall–Kier alpha value is -1.55. The van der Waals surface area contributed by atoms with Crippen LogP contribution in [0.5, 0.6) is 5.75 Å². The summed E-state index contributed by atoms with van der Waals surface area (Å²) in [6, 6.07) is 8.07. The maximum atomic E-state index is 12.0. The highest BCUT2D eigenvalue weighted by molar-refractivity contribution is 5.76. The van der Waals surface area contributed by atoms with E-state index >= 15 is 0 Å². The number of para-hydroxylation sites is 1. The fourth-order valence-electron chi connectivity index (χ4n) is 2.66. The number of benzene rings is 1. The number of carbonyl (C=O) groups is 1. The number of nitrogens with two attached hydrogens (primary N) is 1. The second kappa shape index (κ2) is 6.57. The average Bonchev–Trinajstić information content (AvgIpc) is 2.94. The number of rotatable bonds is 5. The molecule has 1 amide bonds. The number of methoxy groups -OCH3 is 1. The summed E-state index contributed by atoms with van der Waals surface area (Å²) in [7, 11) is 1.69. The Kier molecular flexibility index (Phi) is 4.80. The Labute approximate surface area is 114 Å². The van der Waals surface area contributed by atoms with Crippen LogP contribution in [0, 0.1) is 0 Å². The first-order valence-corrected chi connectivity index (χ1v) is 6.87. The highest BCUT2D eigenvalue weighted by Crippen LogP contribution is 2.33. The molecule has 1 aromatic carbocycles. The van der Waals surface area contributed by atoms with Gasteiger partial charge in [-0.25, -0.2) is 0 Å². The summed E-state index contributed by atoms with van der Waals surface area (Å²) in [5.74, 6) is 1.53. The predicted octanol–water partition coefficient (Wildman–Crippen LogP) is 1.75. The number of nitrogens with zero attached hydrogens (tertiary/aromatic N) is 1. The summed E-state index contributed by atoms with van der Waals surface area (Å²) in [6.45, 7) is 2.21. The van der Waals surface area contributed by atoms with E-state index in [1.165, 1.54) is 5.56 Å². The largest absolute Gasteiger partial charge is 0.496 e. The van der Waals surface area contributed by atoms with Crippen LogP contribution in [-0.2, 0) is 4.79 Å². The maximum absolute atomic E-state index is 12.0. The molecule has 0 saturated carbocycles. The van der Waals surface area contributed by atoms with Gasteiger partial charge in [0.1, 0.15) is 5.75 Å². The summed E-state index contributed by atoms with van der Waals surface area (Å²) in [5, 5.41) is 0. The van der Waals surface area contributed by atoms with Crippen molar-refractivity contribution in [3.63, 3.8) is 0 Å². The van der Waals surface area contributed by atoms with Crippen molar-refractivity contribution in [1.82, 2.24) is 4.90 Å². The van der Waals surface area contributed by atoms with Crippen LogP contribution in [0.3, 0.4) is 0 Å². The van der Waals surface area contributed by atoms with Crippen LogP contribution in [-0.4, -0.2) is 37.6 Å². The summed E-state index contributed by atoms with van der Waals surface area (Å²) >= 11 is 0. The number of hydrogen-bond donors (Lipinski definition) is 1. The van der Waals surface area contributed by atoms with E-state index in [9.17, 15) is 4.79 Å². The predicted molar refractivity (Wildman–Crippen MR) is 75.2 cm³/mol. The van der Waals surface area contributed by atoms with Crippen LogP contribution < -0.4 is 10.5 Å². The molecule has 1 heterocycles. The number of ether oxygens (including phenoxy) is 1. The van der Waals surface area contributed by atoms with Gasteiger partial charge in [0.25, 0.3) is 0 Å². The molecule has 0 aliphatic carbocycles. The minimum atomic E-state index is 0.225. The minimum absolute atomic E-state index is 0.225. The molecule has 1 aromatic rings. The minimum Gasteiger partial charge on any atom is -0.496 e. The van der Waals surface area contributed by atoms with E-state index in [1.54, 1.807) is 7.11 Å². The van der Waals surface area contributed by atoms with E-state index in [0.29, 0.717) is 18.9 Å². The lowest BCUT2D eigenvalue weighted by Gasteiger charge is -2.17. The molecule has 2 rings (SSSR count). The lowest BCUT2D eigenvalue weighted by atomic mass is 9.97. The molecule has 1 aliphatic rings. The van der Waals surface area contributed by atoms with Gasteiger partial charge in [-0.15, -0.1) is 0 Å². The van der Waals surface area contributed by atoms with Crippen LogP contribution >= 0.6 is 0 Å². The normalized spacial score (nSPS) is 18.6. The van der Waals surface area contributed by atoms with E-state index in [-0.39, 0.29) is 5.91 Å². The molecule has 0 spiro atoms. The van der Waals surface area contributed by atoms with Crippen LogP contribution in [0.25, 0.3) is 0 Å². The topological polar surface area (TPSA) is 55.6 Å². The summed E-state index contributed by atoms with van der Waals surface area (Å²) < 4.78 is 5.40. The lowest BCUT2D eigenvalue weighted by Crippen LogP contribution is -2.28. The third kappa shape index (κ3) is 3.26. The molecule has 104 valence electrons. The van der Waals surface area contributed by atoms with E-state index in [1.807, 2.05) is 23.1 Å². The quantitative estimate of drug-likeness (QED) is 0.879. The molecule has 2 N–H and O–H groups in total. The highest BCUT2D eigenvalue weighted by Gasteiger charge is 2.28. The second-order valence-electron chi connectivity index (χ2n) is 4.96. The van der Waals surface area contributed by atoms with Crippen LogP contribution in [0.2, 0.25) is 0 Å². The van der Waals surface area contributed by atoms with Gasteiger partial charge in [0.05, 0.1) is 7.11 Å². The van der Waals surface area contributed by atoms with Gasteiger partial charge in [0, 0.05) is 25.4 Å². The molecule has 4 heteroatoms. The van der Waals surface area contributed by atoms with Gasteiger partial charge in [-0.05, 0) is 31.0 Å². The Bertz CT molecular complexity index is 434. The third-order valence-corrected chi connectivity index (χ3v) is 3.71. The van der Waals surface area contributed by atoms with Crippen LogP contribution in [0.1, 0.15) is 30.7 Å². The molecule has 0 bridgehead atoms. The van der Waals surface area contributed by atoms with E-state index in [4.69, 9.17) is 10.5 Å². The van der Waals surface area contributed by atoms with Gasteiger partial charge in [0.15, 0.2) is 0 Å². The Balaban J connectivity index is 2.00. The van der Waals surface area contributed by atoms with Crippen LogP contribution in [0.4, 0.5) is 0 Å². The zero-order chi connectivity index (χ0) is 13.7. The van der Waals surface area contributed by atoms with E-state index < -0.39 is 0 Å². The van der Waals surface area contributed by atoms with E-state index in [0.717, 1.165) is 31.7 Å². The van der Waals surface area contributed by atoms with Crippen LogP contribution in [0.15, 0.2) is 24.3 Å². The number of carbonyl (C=O) groups excluding carboxylic acids is 1. The van der Waals surface area contributed by atoms with Crippen molar-refractivity contribution in [2.24, 2.45) is 5.73 Å². The molecule has 1 fully saturated rings. The number of amides is 1. The Morgan fingerprint density at radius 1 is 1.47 bits per heavy atom. The molecular formula is C15H22N2O2. The van der Waals surface area contributed by atoms with Crippen molar-refractivity contribution in [2.75, 3.05) is 26.7 Å². The zero-order valence-corrected chi connectivity index (χ0v) is 11.5. The van der Waals surface area contributed by atoms with E-state index in [2.05, 4.69) is 6.07 Å². The first-order chi connectivity index (χ1) is 9.26. The monoisotopic (exact) mass is 262 g/mol. The zero-order valence-electron chi connectivity index (χ0n) is 11.5. The molecule has 1 atom stereocenters. The molecular weight excluding hydrogens is 240 g/mol. The number of hydrogen-bond acceptors (Lipinski definition) is 3. The van der Waals surface area contributed by atoms with Gasteiger partial charge in [0.2, 0.25) is 5.91 Å². The SMILES string of the molecule is COc1ccccc1C1CCN(C(=O)CCCN)C1. The van der Waals surface area contributed by atoms with Crippen molar-refractivity contribution in [3.8, 4) is 5.75 Å². The van der Waals surface area contributed by atoms with Crippen molar-refractivity contribution in [2.45, 2.75) is 25.2 Å². The fraction of sp³-hybridized carbons (Fsp3) is 0.533. The van der Waals surface area contributed by atoms with Crippen molar-refractivity contribution < 1.29 is 9.53 Å². The first kappa shape index (κ1) is 13.9. The smallest absolute Gasteiger partial charge is 0.222 e. The maximum Gasteiger partial charge on any atom is 0.222 e. The first-order valence-electron chi connectivity index (χ1n) is 6.87. The lowest BCUT2D eigenvalue weighted by molar-refractivity contribution is -0.130. The molecule has 1 unspecified atom stereocenters. The molecule has 1 aliphatic heterocycles. The van der Waals surface area contributed by atoms with Gasteiger partial charge >= 0.3 is 0 Å². The number of likely N-dealkylation sites (tertiary alicyclic amines) is 1. The van der Waals surface area contributed by atoms with Gasteiger partial charge in [-0.2, -0.15) is 0 Å². The molecule has 0 aromatic heterocycles. The second-order valence-corrected chi connectivity index (χ2v) is 4.96. The van der Waals surface area contributed by atoms with Crippen molar-refractivity contribution >= 4 is 5.91 Å². The van der Waals surface area contributed by atoms with Crippen molar-refractivity contribution in [3.05, 3.63) is 29.8 Å².